The summed E-state index contributed by atoms with van der Waals surface area (Å²) in [4.78, 5) is 24.2. The van der Waals surface area contributed by atoms with E-state index in [9.17, 15) is 14.0 Å². The van der Waals surface area contributed by atoms with Gasteiger partial charge in [0.25, 0.3) is 5.91 Å². The summed E-state index contributed by atoms with van der Waals surface area (Å²) in [5, 5.41) is 2.93. The van der Waals surface area contributed by atoms with Crippen LogP contribution in [0.3, 0.4) is 0 Å². The number of hydrogen-bond donors (Lipinski definition) is 1. The van der Waals surface area contributed by atoms with Gasteiger partial charge in [-0.1, -0.05) is 35.9 Å². The third-order valence-corrected chi connectivity index (χ3v) is 3.70. The van der Waals surface area contributed by atoms with E-state index >= 15 is 0 Å². The van der Waals surface area contributed by atoms with Crippen molar-refractivity contribution in [1.82, 2.24) is 0 Å². The van der Waals surface area contributed by atoms with Crippen LogP contribution in [0.25, 0.3) is 0 Å². The van der Waals surface area contributed by atoms with Crippen molar-refractivity contribution in [1.29, 1.82) is 0 Å². The first-order valence-corrected chi connectivity index (χ1v) is 7.97. The molecule has 0 saturated carbocycles. The topological polar surface area (TPSA) is 68.5 Å². The molecule has 0 radical (unpaired) electrons. The van der Waals surface area contributed by atoms with E-state index in [1.54, 1.807) is 30.3 Å². The Bertz CT molecular complexity index is 985. The average Bonchev–Trinajstić information content (AvgIpc) is 2.64. The molecule has 0 aliphatic carbocycles. The van der Waals surface area contributed by atoms with Crippen LogP contribution in [0.15, 0.2) is 70.1 Å². The van der Waals surface area contributed by atoms with Crippen molar-refractivity contribution >= 4 is 23.2 Å². The SMILES string of the molecule is O=C(Nc1ccccc1F)c1cc(=O)c(OCc2ccc(Cl)cc2)co1. The number of halogens is 2. The van der Waals surface area contributed by atoms with E-state index in [0.29, 0.717) is 5.02 Å². The highest BCUT2D eigenvalue weighted by molar-refractivity contribution is 6.30. The minimum atomic E-state index is -0.739. The minimum Gasteiger partial charge on any atom is -0.482 e. The Balaban J connectivity index is 1.69. The fourth-order valence-electron chi connectivity index (χ4n) is 2.11. The molecule has 7 heteroatoms. The number of anilines is 1. The molecule has 26 heavy (non-hydrogen) atoms. The van der Waals surface area contributed by atoms with E-state index in [1.165, 1.54) is 18.2 Å². The molecule has 1 N–H and O–H groups in total. The smallest absolute Gasteiger partial charge is 0.291 e. The van der Waals surface area contributed by atoms with Crippen molar-refractivity contribution in [2.45, 2.75) is 6.61 Å². The second-order valence-corrected chi connectivity index (χ2v) is 5.76. The lowest BCUT2D eigenvalue weighted by Gasteiger charge is -2.07. The molecule has 0 atom stereocenters. The molecule has 0 unspecified atom stereocenters. The van der Waals surface area contributed by atoms with Crippen molar-refractivity contribution < 1.29 is 18.3 Å². The summed E-state index contributed by atoms with van der Waals surface area (Å²) in [7, 11) is 0. The summed E-state index contributed by atoms with van der Waals surface area (Å²) >= 11 is 5.80. The van der Waals surface area contributed by atoms with E-state index < -0.39 is 17.2 Å². The number of rotatable bonds is 5. The maximum Gasteiger partial charge on any atom is 0.291 e. The molecule has 5 nitrogen and oxygen atoms in total. The van der Waals surface area contributed by atoms with Gasteiger partial charge in [-0.2, -0.15) is 0 Å². The molecule has 0 bridgehead atoms. The maximum absolute atomic E-state index is 13.6. The molecular formula is C19H13ClFNO4. The molecule has 0 aliphatic rings. The van der Waals surface area contributed by atoms with Crippen molar-refractivity contribution in [3.63, 3.8) is 0 Å². The lowest BCUT2D eigenvalue weighted by atomic mass is 10.2. The molecular weight excluding hydrogens is 361 g/mol. The Labute approximate surface area is 153 Å². The Hall–Kier alpha value is -3.12. The Morgan fingerprint density at radius 1 is 1.15 bits per heavy atom. The van der Waals surface area contributed by atoms with Gasteiger partial charge in [-0.05, 0) is 29.8 Å². The Morgan fingerprint density at radius 2 is 1.88 bits per heavy atom. The number of ether oxygens (including phenoxy) is 1. The third kappa shape index (κ3) is 4.29. The van der Waals surface area contributed by atoms with Crippen LogP contribution in [0, 0.1) is 5.82 Å². The molecule has 0 saturated heterocycles. The van der Waals surface area contributed by atoms with Gasteiger partial charge in [0.2, 0.25) is 11.2 Å². The first-order chi connectivity index (χ1) is 12.5. The van der Waals surface area contributed by atoms with Crippen molar-refractivity contribution in [2.75, 3.05) is 5.32 Å². The second kappa shape index (κ2) is 7.84. The number of benzene rings is 2. The molecule has 1 amide bonds. The maximum atomic E-state index is 13.6. The van der Waals surface area contributed by atoms with E-state index in [0.717, 1.165) is 17.9 Å². The van der Waals surface area contributed by atoms with Gasteiger partial charge in [0.1, 0.15) is 18.7 Å². The summed E-state index contributed by atoms with van der Waals surface area (Å²) in [6, 6.07) is 13.6. The fourth-order valence-corrected chi connectivity index (χ4v) is 2.24. The highest BCUT2D eigenvalue weighted by Crippen LogP contribution is 2.15. The first kappa shape index (κ1) is 17.7. The zero-order valence-electron chi connectivity index (χ0n) is 13.4. The van der Waals surface area contributed by atoms with Crippen LogP contribution in [0.4, 0.5) is 10.1 Å². The minimum absolute atomic E-state index is 0.0109. The number of amides is 1. The third-order valence-electron chi connectivity index (χ3n) is 3.45. The van der Waals surface area contributed by atoms with Crippen LogP contribution >= 0.6 is 11.6 Å². The van der Waals surface area contributed by atoms with Crippen molar-refractivity contribution in [3.8, 4) is 5.75 Å². The molecule has 132 valence electrons. The zero-order chi connectivity index (χ0) is 18.5. The number of nitrogens with one attached hydrogen (secondary N) is 1. The predicted octanol–water partition coefficient (Wildman–Crippen LogP) is 4.26. The average molecular weight is 374 g/mol. The molecule has 3 aromatic rings. The van der Waals surface area contributed by atoms with Crippen LogP contribution < -0.4 is 15.5 Å². The molecule has 1 aromatic heterocycles. The molecule has 2 aromatic carbocycles. The summed E-state index contributed by atoms with van der Waals surface area (Å²) in [5.41, 5.74) is 0.280. The highest BCUT2D eigenvalue weighted by atomic mass is 35.5. The van der Waals surface area contributed by atoms with Gasteiger partial charge in [0.05, 0.1) is 5.69 Å². The lowest BCUT2D eigenvalue weighted by molar-refractivity contribution is 0.0993. The van der Waals surface area contributed by atoms with Gasteiger partial charge in [-0.3, -0.25) is 9.59 Å². The quantitative estimate of drug-likeness (QED) is 0.725. The summed E-state index contributed by atoms with van der Waals surface area (Å²) in [6.07, 6.45) is 1.05. The van der Waals surface area contributed by atoms with Crippen LogP contribution in [0.1, 0.15) is 16.1 Å². The molecule has 0 fully saturated rings. The van der Waals surface area contributed by atoms with Crippen LogP contribution in [-0.2, 0) is 6.61 Å². The van der Waals surface area contributed by atoms with Gasteiger partial charge in [-0.15, -0.1) is 0 Å². The van der Waals surface area contributed by atoms with E-state index in [-0.39, 0.29) is 23.8 Å². The van der Waals surface area contributed by atoms with Crippen LogP contribution in [-0.4, -0.2) is 5.91 Å². The molecule has 3 rings (SSSR count). The van der Waals surface area contributed by atoms with Gasteiger partial charge in [-0.25, -0.2) is 4.39 Å². The Morgan fingerprint density at radius 3 is 2.58 bits per heavy atom. The van der Waals surface area contributed by atoms with Crippen LogP contribution in [0.5, 0.6) is 5.75 Å². The Kier molecular flexibility index (Phi) is 5.34. The summed E-state index contributed by atoms with van der Waals surface area (Å²) < 4.78 is 24.1. The monoisotopic (exact) mass is 373 g/mol. The second-order valence-electron chi connectivity index (χ2n) is 5.32. The normalized spacial score (nSPS) is 10.4. The number of carbonyl (C=O) groups excluding carboxylic acids is 1. The fraction of sp³-hybridized carbons (Fsp3) is 0.0526. The van der Waals surface area contributed by atoms with Crippen molar-refractivity contribution in [2.24, 2.45) is 0 Å². The molecule has 0 spiro atoms. The first-order valence-electron chi connectivity index (χ1n) is 7.59. The van der Waals surface area contributed by atoms with E-state index in [4.69, 9.17) is 20.8 Å². The predicted molar refractivity (Wildman–Crippen MR) is 95.1 cm³/mol. The van der Waals surface area contributed by atoms with Gasteiger partial charge < -0.3 is 14.5 Å². The van der Waals surface area contributed by atoms with Gasteiger partial charge in [0, 0.05) is 11.1 Å². The molecule has 0 aliphatic heterocycles. The van der Waals surface area contributed by atoms with E-state index in [2.05, 4.69) is 5.32 Å². The van der Waals surface area contributed by atoms with Crippen molar-refractivity contribution in [3.05, 3.63) is 93.2 Å². The largest absolute Gasteiger partial charge is 0.482 e. The standard InChI is InChI=1S/C19H13ClFNO4/c20-13-7-5-12(6-8-13)10-25-18-11-26-17(9-16(18)23)19(24)22-15-4-2-1-3-14(15)21/h1-9,11H,10H2,(H,22,24). The zero-order valence-corrected chi connectivity index (χ0v) is 14.1. The lowest BCUT2D eigenvalue weighted by Crippen LogP contribution is -2.16. The number of hydrogen-bond acceptors (Lipinski definition) is 4. The van der Waals surface area contributed by atoms with Crippen LogP contribution in [0.2, 0.25) is 5.02 Å². The molecule has 1 heterocycles. The summed E-state index contributed by atoms with van der Waals surface area (Å²) in [5.74, 6) is -1.62. The van der Waals surface area contributed by atoms with E-state index in [1.807, 2.05) is 0 Å². The number of carbonyl (C=O) groups is 1. The van der Waals surface area contributed by atoms with Gasteiger partial charge in [0.15, 0.2) is 5.76 Å². The highest BCUT2D eigenvalue weighted by Gasteiger charge is 2.14. The summed E-state index contributed by atoms with van der Waals surface area (Å²) in [6.45, 7) is 0.142. The van der Waals surface area contributed by atoms with Gasteiger partial charge >= 0.3 is 0 Å². The number of para-hydroxylation sites is 1.